The Bertz CT molecular complexity index is 1450. The van der Waals surface area contributed by atoms with Crippen molar-refractivity contribution in [2.45, 2.75) is 82.2 Å². The Morgan fingerprint density at radius 3 is 2.56 bits per heavy atom. The number of fused-ring (bicyclic) bond motifs is 4. The van der Waals surface area contributed by atoms with Crippen molar-refractivity contribution >= 4 is 40.0 Å². The fraction of sp³-hybridized carbons (Fsp3) is 0.613. The van der Waals surface area contributed by atoms with Gasteiger partial charge in [-0.25, -0.2) is 9.18 Å². The zero-order chi connectivity index (χ0) is 30.7. The molecule has 43 heavy (non-hydrogen) atoms. The molecular formula is C31H40ClFN6O4. The van der Waals surface area contributed by atoms with Gasteiger partial charge in [0, 0.05) is 43.5 Å². The number of ether oxygens (including phenoxy) is 3. The van der Waals surface area contributed by atoms with Crippen LogP contribution in [0, 0.1) is 5.82 Å². The molecule has 0 aliphatic carbocycles. The van der Waals surface area contributed by atoms with E-state index in [1.54, 1.807) is 13.3 Å². The van der Waals surface area contributed by atoms with E-state index < -0.39 is 11.4 Å². The van der Waals surface area contributed by atoms with Gasteiger partial charge in [0.2, 0.25) is 0 Å². The topological polar surface area (TPSA) is 93.2 Å². The second-order valence-electron chi connectivity index (χ2n) is 13.2. The number of piperazine rings is 1. The number of amides is 1. The summed E-state index contributed by atoms with van der Waals surface area (Å²) in [6.45, 7) is 16.4. The van der Waals surface area contributed by atoms with Gasteiger partial charge in [-0.05, 0) is 59.4 Å². The molecule has 4 atom stereocenters. The lowest BCUT2D eigenvalue weighted by atomic mass is 9.94. The lowest BCUT2D eigenvalue weighted by Crippen LogP contribution is -2.57. The number of hydrogen-bond acceptors (Lipinski definition) is 9. The van der Waals surface area contributed by atoms with Crippen LogP contribution in [-0.4, -0.2) is 100 Å². The molecule has 6 heterocycles. The second kappa shape index (κ2) is 11.2. The first-order valence-electron chi connectivity index (χ1n) is 15.0. The summed E-state index contributed by atoms with van der Waals surface area (Å²) in [6, 6.07) is -0.0255. The molecule has 232 valence electrons. The maximum Gasteiger partial charge on any atom is 0.410 e. The SMILES string of the molecule is C=C(Cl)C(=C)c1ncc2c(N3CC4CCC(C3)N4C(=O)OC(C)(C)C)nc(OC[C@@]34CCCN3C[C@H](OC)C4)nc2c1F. The van der Waals surface area contributed by atoms with Crippen molar-refractivity contribution in [2.24, 2.45) is 0 Å². The van der Waals surface area contributed by atoms with Crippen molar-refractivity contribution in [1.82, 2.24) is 24.8 Å². The molecule has 4 aliphatic heterocycles. The van der Waals surface area contributed by atoms with Crippen molar-refractivity contribution in [3.8, 4) is 6.01 Å². The van der Waals surface area contributed by atoms with Gasteiger partial charge in [0.05, 0.1) is 29.1 Å². The van der Waals surface area contributed by atoms with Crippen molar-refractivity contribution in [2.75, 3.05) is 44.8 Å². The third kappa shape index (κ3) is 5.55. The number of hydrogen-bond donors (Lipinski definition) is 0. The number of carbonyl (C=O) groups is 1. The zero-order valence-corrected chi connectivity index (χ0v) is 26.1. The van der Waals surface area contributed by atoms with E-state index in [9.17, 15) is 4.79 Å². The van der Waals surface area contributed by atoms with E-state index in [2.05, 4.69) is 32.9 Å². The van der Waals surface area contributed by atoms with Crippen LogP contribution in [0.2, 0.25) is 0 Å². The molecule has 0 saturated carbocycles. The molecule has 1 amide bonds. The molecule has 4 aliphatic rings. The minimum atomic E-state index is -0.658. The van der Waals surface area contributed by atoms with Crippen LogP contribution >= 0.6 is 11.6 Å². The highest BCUT2D eigenvalue weighted by atomic mass is 35.5. The average molecular weight is 615 g/mol. The highest BCUT2D eigenvalue weighted by Crippen LogP contribution is 2.41. The van der Waals surface area contributed by atoms with Gasteiger partial charge in [-0.15, -0.1) is 0 Å². The van der Waals surface area contributed by atoms with Crippen LogP contribution in [0.4, 0.5) is 15.0 Å². The van der Waals surface area contributed by atoms with E-state index in [1.807, 2.05) is 25.7 Å². The van der Waals surface area contributed by atoms with Gasteiger partial charge in [0.15, 0.2) is 5.82 Å². The van der Waals surface area contributed by atoms with E-state index in [1.165, 1.54) is 0 Å². The first-order valence-corrected chi connectivity index (χ1v) is 15.3. The number of rotatable bonds is 7. The number of nitrogens with zero attached hydrogens (tertiary/aromatic N) is 6. The second-order valence-corrected chi connectivity index (χ2v) is 13.7. The van der Waals surface area contributed by atoms with Crippen LogP contribution in [-0.2, 0) is 9.47 Å². The molecular weight excluding hydrogens is 575 g/mol. The van der Waals surface area contributed by atoms with Crippen LogP contribution in [0.1, 0.15) is 58.6 Å². The fourth-order valence-corrected chi connectivity index (χ4v) is 7.27. The summed E-state index contributed by atoms with van der Waals surface area (Å²) >= 11 is 6.06. The lowest BCUT2D eigenvalue weighted by Gasteiger charge is -2.42. The largest absolute Gasteiger partial charge is 0.461 e. The summed E-state index contributed by atoms with van der Waals surface area (Å²) in [7, 11) is 1.74. The van der Waals surface area contributed by atoms with Crippen LogP contribution in [0.25, 0.3) is 16.5 Å². The highest BCUT2D eigenvalue weighted by Gasteiger charge is 2.49. The Labute approximate surface area is 256 Å². The van der Waals surface area contributed by atoms with Crippen molar-refractivity contribution < 1.29 is 23.4 Å². The Balaban J connectivity index is 1.34. The van der Waals surface area contributed by atoms with Crippen molar-refractivity contribution in [3.05, 3.63) is 35.9 Å². The van der Waals surface area contributed by atoms with Crippen molar-refractivity contribution in [3.63, 3.8) is 0 Å². The molecule has 2 bridgehead atoms. The van der Waals surface area contributed by atoms with E-state index in [0.29, 0.717) is 30.9 Å². The molecule has 4 saturated heterocycles. The maximum absolute atomic E-state index is 16.1. The predicted molar refractivity (Wildman–Crippen MR) is 163 cm³/mol. The summed E-state index contributed by atoms with van der Waals surface area (Å²) < 4.78 is 33.8. The van der Waals surface area contributed by atoms with Crippen molar-refractivity contribution in [1.29, 1.82) is 0 Å². The van der Waals surface area contributed by atoms with E-state index in [-0.39, 0.29) is 57.6 Å². The van der Waals surface area contributed by atoms with Gasteiger partial charge in [0.1, 0.15) is 29.2 Å². The molecule has 2 unspecified atom stereocenters. The molecule has 4 fully saturated rings. The Morgan fingerprint density at radius 2 is 1.91 bits per heavy atom. The molecule has 2 aromatic heterocycles. The molecule has 12 heteroatoms. The molecule has 2 aromatic rings. The summed E-state index contributed by atoms with van der Waals surface area (Å²) in [5.74, 6) is -0.134. The third-order valence-corrected chi connectivity index (χ3v) is 9.45. The monoisotopic (exact) mass is 614 g/mol. The van der Waals surface area contributed by atoms with Gasteiger partial charge < -0.3 is 19.1 Å². The quantitative estimate of drug-likeness (QED) is 0.393. The molecule has 10 nitrogen and oxygen atoms in total. The normalized spacial score (nSPS) is 27.1. The van der Waals surface area contributed by atoms with Gasteiger partial charge in [-0.3, -0.25) is 14.8 Å². The minimum Gasteiger partial charge on any atom is -0.461 e. The standard InChI is InChI=1S/C31H40ClFN6O4/c1-18(19(2)32)25-24(33)26-23(13-34-25)27(37-14-20-8-9-21(15-37)39(20)29(40)43-30(3,4)5)36-28(35-26)42-17-31-10-7-11-38(31)16-22(12-31)41-6/h13,20-22H,1-2,7-12,14-17H2,3-6H3/t20?,21?,22-,31+/m1/s1. The molecule has 6 rings (SSSR count). The summed E-state index contributed by atoms with van der Waals surface area (Å²) in [6.07, 6.45) is 6.03. The highest BCUT2D eigenvalue weighted by molar-refractivity contribution is 6.36. The summed E-state index contributed by atoms with van der Waals surface area (Å²) in [5.41, 5.74) is -0.502. The summed E-state index contributed by atoms with van der Waals surface area (Å²) in [5, 5.41) is 0.549. The minimum absolute atomic E-state index is 0.0165. The number of methoxy groups -OCH3 is 1. The Hall–Kier alpha value is -3.02. The smallest absolute Gasteiger partial charge is 0.410 e. The van der Waals surface area contributed by atoms with Crippen LogP contribution < -0.4 is 9.64 Å². The first kappa shape index (κ1) is 30.0. The number of allylic oxidation sites excluding steroid dienone is 2. The zero-order valence-electron chi connectivity index (χ0n) is 25.4. The Morgan fingerprint density at radius 1 is 1.19 bits per heavy atom. The number of aromatic nitrogens is 3. The van der Waals surface area contributed by atoms with Crippen LogP contribution in [0.15, 0.2) is 24.4 Å². The molecule has 0 aromatic carbocycles. The van der Waals surface area contributed by atoms with E-state index in [4.69, 9.17) is 30.8 Å². The van der Waals surface area contributed by atoms with Crippen LogP contribution in [0.3, 0.4) is 0 Å². The summed E-state index contributed by atoms with van der Waals surface area (Å²) in [4.78, 5) is 33.2. The number of anilines is 1. The number of carbonyl (C=O) groups excluding carboxylic acids is 1. The first-order chi connectivity index (χ1) is 20.4. The van der Waals surface area contributed by atoms with Gasteiger partial charge in [-0.1, -0.05) is 24.8 Å². The molecule has 0 N–H and O–H groups in total. The lowest BCUT2D eigenvalue weighted by molar-refractivity contribution is 0.0122. The number of pyridine rings is 1. The van der Waals surface area contributed by atoms with E-state index in [0.717, 1.165) is 45.2 Å². The van der Waals surface area contributed by atoms with E-state index >= 15 is 4.39 Å². The molecule has 0 radical (unpaired) electrons. The number of halogens is 2. The van der Waals surface area contributed by atoms with Gasteiger partial charge in [0.25, 0.3) is 0 Å². The average Bonchev–Trinajstić information content (AvgIpc) is 3.58. The van der Waals surface area contributed by atoms with Gasteiger partial charge in [-0.2, -0.15) is 9.97 Å². The van der Waals surface area contributed by atoms with Crippen LogP contribution in [0.5, 0.6) is 6.01 Å². The predicted octanol–water partition coefficient (Wildman–Crippen LogP) is 5.15. The fourth-order valence-electron chi connectivity index (χ4n) is 7.18. The Kier molecular flexibility index (Phi) is 7.79. The third-order valence-electron chi connectivity index (χ3n) is 9.22. The molecule has 0 spiro atoms. The van der Waals surface area contributed by atoms with Gasteiger partial charge >= 0.3 is 12.1 Å². The maximum atomic E-state index is 16.1.